The molecule has 0 aliphatic rings. The zero-order valence-corrected chi connectivity index (χ0v) is 11.7. The highest BCUT2D eigenvalue weighted by Gasteiger charge is 2.14. The molecule has 2 aromatic heterocycles. The summed E-state index contributed by atoms with van der Waals surface area (Å²) in [5.74, 6) is 0. The van der Waals surface area contributed by atoms with Crippen LogP contribution in [-0.4, -0.2) is 14.6 Å². The van der Waals surface area contributed by atoms with Crippen molar-refractivity contribution in [2.45, 2.75) is 13.8 Å². The number of fused-ring (bicyclic) bond motifs is 1. The molecule has 6 nitrogen and oxygen atoms in total. The molecule has 0 aliphatic carbocycles. The van der Waals surface area contributed by atoms with E-state index in [0.717, 1.165) is 22.5 Å². The number of nitrogens with zero attached hydrogens (tertiary/aromatic N) is 3. The Morgan fingerprint density at radius 2 is 1.81 bits per heavy atom. The van der Waals surface area contributed by atoms with Gasteiger partial charge in [0.2, 0.25) is 0 Å². The third-order valence-corrected chi connectivity index (χ3v) is 3.50. The van der Waals surface area contributed by atoms with Crippen molar-refractivity contribution < 1.29 is 4.92 Å². The average molecular weight is 282 g/mol. The maximum atomic E-state index is 11.1. The predicted octanol–water partition coefficient (Wildman–Crippen LogP) is 3.44. The van der Waals surface area contributed by atoms with Crippen molar-refractivity contribution in [2.24, 2.45) is 0 Å². The Labute approximate surface area is 121 Å². The summed E-state index contributed by atoms with van der Waals surface area (Å²) in [6.07, 6.45) is 3.15. The highest BCUT2D eigenvalue weighted by atomic mass is 16.6. The van der Waals surface area contributed by atoms with Crippen LogP contribution in [0.1, 0.15) is 11.4 Å². The minimum absolute atomic E-state index is 0.0598. The summed E-state index contributed by atoms with van der Waals surface area (Å²) in [7, 11) is 0. The van der Waals surface area contributed by atoms with Crippen molar-refractivity contribution in [3.8, 4) is 0 Å². The summed E-state index contributed by atoms with van der Waals surface area (Å²) in [4.78, 5) is 14.7. The van der Waals surface area contributed by atoms with E-state index in [-0.39, 0.29) is 10.6 Å². The van der Waals surface area contributed by atoms with Crippen LogP contribution >= 0.6 is 0 Å². The van der Waals surface area contributed by atoms with Crippen molar-refractivity contribution in [2.75, 3.05) is 5.43 Å². The molecule has 1 aromatic carbocycles. The summed E-state index contributed by atoms with van der Waals surface area (Å²) >= 11 is 0. The van der Waals surface area contributed by atoms with Crippen LogP contribution in [0.5, 0.6) is 0 Å². The number of rotatable bonds is 3. The van der Waals surface area contributed by atoms with Gasteiger partial charge in [-0.2, -0.15) is 0 Å². The Morgan fingerprint density at radius 1 is 1.10 bits per heavy atom. The number of nitro groups is 1. The molecule has 3 aromatic rings. The Kier molecular flexibility index (Phi) is 3.06. The van der Waals surface area contributed by atoms with Gasteiger partial charge in [0.15, 0.2) is 0 Å². The lowest BCUT2D eigenvalue weighted by Crippen LogP contribution is -2.12. The molecule has 0 atom stereocenters. The van der Waals surface area contributed by atoms with Crippen LogP contribution in [0.25, 0.3) is 10.8 Å². The Hall–Kier alpha value is -2.89. The Morgan fingerprint density at radius 3 is 2.48 bits per heavy atom. The SMILES string of the molecule is Cc1ccc(C)n1Nc1ccc([N+](=O)[O-])c2cnccc12. The lowest BCUT2D eigenvalue weighted by Gasteiger charge is -2.14. The molecule has 0 unspecified atom stereocenters. The van der Waals surface area contributed by atoms with E-state index in [2.05, 4.69) is 10.4 Å². The minimum Gasteiger partial charge on any atom is -0.294 e. The number of aryl methyl sites for hydroxylation is 2. The van der Waals surface area contributed by atoms with E-state index in [1.54, 1.807) is 18.3 Å². The van der Waals surface area contributed by atoms with Gasteiger partial charge in [-0.3, -0.25) is 25.2 Å². The molecule has 0 fully saturated rings. The van der Waals surface area contributed by atoms with Crippen molar-refractivity contribution in [3.05, 3.63) is 64.2 Å². The van der Waals surface area contributed by atoms with Crippen molar-refractivity contribution in [3.63, 3.8) is 0 Å². The quantitative estimate of drug-likeness (QED) is 0.590. The van der Waals surface area contributed by atoms with Crippen LogP contribution in [0.2, 0.25) is 0 Å². The standard InChI is InChI=1S/C15H14N4O2/c1-10-3-4-11(2)18(10)17-14-5-6-15(19(20)21)13-9-16-8-7-12(13)14/h3-9,17H,1-2H3. The first kappa shape index (κ1) is 13.1. The van der Waals surface area contributed by atoms with Gasteiger partial charge in [-0.25, -0.2) is 0 Å². The summed E-state index contributed by atoms with van der Waals surface area (Å²) in [6.45, 7) is 3.99. The summed E-state index contributed by atoms with van der Waals surface area (Å²) in [5.41, 5.74) is 6.29. The first-order valence-corrected chi connectivity index (χ1v) is 6.51. The fraction of sp³-hybridized carbons (Fsp3) is 0.133. The third kappa shape index (κ3) is 2.20. The number of nitrogens with one attached hydrogen (secondary N) is 1. The number of non-ortho nitro benzene ring substituents is 1. The maximum Gasteiger partial charge on any atom is 0.278 e. The Bertz CT molecular complexity index is 819. The van der Waals surface area contributed by atoms with Crippen LogP contribution in [-0.2, 0) is 0 Å². The van der Waals surface area contributed by atoms with Crippen LogP contribution in [0, 0.1) is 24.0 Å². The number of hydrogen-bond donors (Lipinski definition) is 1. The van der Waals surface area contributed by atoms with E-state index >= 15 is 0 Å². The second kappa shape index (κ2) is 4.90. The zero-order valence-electron chi connectivity index (χ0n) is 11.7. The van der Waals surface area contributed by atoms with Gasteiger partial charge in [0.25, 0.3) is 5.69 Å². The van der Waals surface area contributed by atoms with Gasteiger partial charge in [0.1, 0.15) is 0 Å². The van der Waals surface area contributed by atoms with E-state index in [1.165, 1.54) is 12.3 Å². The molecular formula is C15H14N4O2. The van der Waals surface area contributed by atoms with Crippen LogP contribution < -0.4 is 5.43 Å². The highest BCUT2D eigenvalue weighted by Crippen LogP contribution is 2.31. The highest BCUT2D eigenvalue weighted by molar-refractivity contribution is 5.99. The molecule has 0 radical (unpaired) electrons. The summed E-state index contributed by atoms with van der Waals surface area (Å²) in [5, 5.41) is 12.4. The number of anilines is 1. The van der Waals surface area contributed by atoms with Gasteiger partial charge >= 0.3 is 0 Å². The molecule has 2 heterocycles. The molecule has 6 heteroatoms. The van der Waals surface area contributed by atoms with Gasteiger partial charge in [0, 0.05) is 35.2 Å². The van der Waals surface area contributed by atoms with Crippen LogP contribution in [0.4, 0.5) is 11.4 Å². The third-order valence-electron chi connectivity index (χ3n) is 3.50. The van der Waals surface area contributed by atoms with Crippen LogP contribution in [0.3, 0.4) is 0 Å². The maximum absolute atomic E-state index is 11.1. The normalized spacial score (nSPS) is 10.8. The first-order valence-electron chi connectivity index (χ1n) is 6.51. The molecule has 0 saturated carbocycles. The van der Waals surface area contributed by atoms with Gasteiger partial charge in [-0.15, -0.1) is 0 Å². The zero-order chi connectivity index (χ0) is 15.0. The molecule has 0 aliphatic heterocycles. The largest absolute Gasteiger partial charge is 0.294 e. The average Bonchev–Trinajstić information content (AvgIpc) is 2.79. The second-order valence-electron chi connectivity index (χ2n) is 4.87. The molecule has 1 N–H and O–H groups in total. The molecule has 0 saturated heterocycles. The molecule has 0 spiro atoms. The number of nitro benzene ring substituents is 1. The smallest absolute Gasteiger partial charge is 0.278 e. The molecular weight excluding hydrogens is 268 g/mol. The van der Waals surface area contributed by atoms with E-state index in [1.807, 2.05) is 30.7 Å². The molecule has 0 bridgehead atoms. The van der Waals surface area contributed by atoms with Crippen molar-refractivity contribution in [1.82, 2.24) is 9.66 Å². The lowest BCUT2D eigenvalue weighted by molar-refractivity contribution is -0.383. The van der Waals surface area contributed by atoms with Crippen LogP contribution in [0.15, 0.2) is 42.7 Å². The minimum atomic E-state index is -0.389. The van der Waals surface area contributed by atoms with Crippen molar-refractivity contribution >= 4 is 22.1 Å². The topological polar surface area (TPSA) is 73.0 Å². The summed E-state index contributed by atoms with van der Waals surface area (Å²) < 4.78 is 1.95. The molecule has 106 valence electrons. The van der Waals surface area contributed by atoms with Gasteiger partial charge in [-0.1, -0.05) is 0 Å². The molecule has 3 rings (SSSR count). The lowest BCUT2D eigenvalue weighted by atomic mass is 10.1. The second-order valence-corrected chi connectivity index (χ2v) is 4.87. The van der Waals surface area contributed by atoms with Gasteiger partial charge in [-0.05, 0) is 38.1 Å². The van der Waals surface area contributed by atoms with Gasteiger partial charge in [0.05, 0.1) is 16.0 Å². The van der Waals surface area contributed by atoms with E-state index in [9.17, 15) is 10.1 Å². The number of benzene rings is 1. The first-order chi connectivity index (χ1) is 10.1. The monoisotopic (exact) mass is 282 g/mol. The van der Waals surface area contributed by atoms with E-state index < -0.39 is 0 Å². The molecule has 0 amide bonds. The number of aromatic nitrogens is 2. The van der Waals surface area contributed by atoms with Crippen molar-refractivity contribution in [1.29, 1.82) is 0 Å². The fourth-order valence-corrected chi connectivity index (χ4v) is 2.40. The predicted molar refractivity (Wildman–Crippen MR) is 81.3 cm³/mol. The number of pyridine rings is 1. The van der Waals surface area contributed by atoms with E-state index in [4.69, 9.17) is 0 Å². The molecule has 21 heavy (non-hydrogen) atoms. The van der Waals surface area contributed by atoms with E-state index in [0.29, 0.717) is 5.39 Å². The Balaban J connectivity index is 2.16. The van der Waals surface area contributed by atoms with Gasteiger partial charge < -0.3 is 0 Å². The fourth-order valence-electron chi connectivity index (χ4n) is 2.40. The number of hydrogen-bond acceptors (Lipinski definition) is 4. The summed E-state index contributed by atoms with van der Waals surface area (Å²) in [6, 6.07) is 9.02.